The number of phenols is 1. The number of likely N-dealkylation sites (tertiary alicyclic amines) is 1. The summed E-state index contributed by atoms with van der Waals surface area (Å²) >= 11 is 1.40. The zero-order valence-electron chi connectivity index (χ0n) is 19.0. The van der Waals surface area contributed by atoms with Gasteiger partial charge in [0.25, 0.3) is 0 Å². The lowest BCUT2D eigenvalue weighted by Crippen LogP contribution is -2.49. The van der Waals surface area contributed by atoms with E-state index in [9.17, 15) is 14.3 Å². The molecule has 0 spiro atoms. The van der Waals surface area contributed by atoms with Crippen molar-refractivity contribution in [2.45, 2.75) is 6.92 Å². The average molecular weight is 476 g/mol. The fraction of sp³-hybridized carbons (Fsp3) is 0.250. The van der Waals surface area contributed by atoms with Crippen molar-refractivity contribution in [2.75, 3.05) is 32.9 Å². The first-order chi connectivity index (χ1) is 16.5. The molecular weight excluding hydrogens is 449 g/mol. The van der Waals surface area contributed by atoms with Crippen molar-refractivity contribution < 1.29 is 19.0 Å². The molecule has 1 N–H and O–H groups in total. The Morgan fingerprint density at radius 2 is 1.82 bits per heavy atom. The van der Waals surface area contributed by atoms with Crippen LogP contribution in [-0.4, -0.2) is 48.7 Å². The molecule has 0 atom stereocenters. The summed E-state index contributed by atoms with van der Waals surface area (Å²) in [5.74, 6) is 1.09. The van der Waals surface area contributed by atoms with Gasteiger partial charge < -0.3 is 9.84 Å². The van der Waals surface area contributed by atoms with E-state index >= 15 is 0 Å². The highest BCUT2D eigenvalue weighted by Crippen LogP contribution is 2.41. The van der Waals surface area contributed by atoms with Crippen molar-refractivity contribution in [1.29, 1.82) is 0 Å². The molecule has 4 nitrogen and oxygen atoms in total. The Labute approximate surface area is 202 Å². The van der Waals surface area contributed by atoms with Gasteiger partial charge in [-0.25, -0.2) is 0 Å². The summed E-state index contributed by atoms with van der Waals surface area (Å²) in [7, 11) is 0. The van der Waals surface area contributed by atoms with Gasteiger partial charge in [0.2, 0.25) is 5.78 Å². The number of hydrogen-bond donors (Lipinski definition) is 1. The number of alkyl halides is 1. The van der Waals surface area contributed by atoms with E-state index in [1.807, 2.05) is 61.5 Å². The second-order valence-corrected chi connectivity index (χ2v) is 9.89. The number of aromatic hydroxyl groups is 1. The Balaban J connectivity index is 1.40. The Morgan fingerprint density at radius 1 is 1.09 bits per heavy atom. The summed E-state index contributed by atoms with van der Waals surface area (Å²) < 4.78 is 19.3. The van der Waals surface area contributed by atoms with E-state index in [0.29, 0.717) is 17.0 Å². The fourth-order valence-corrected chi connectivity index (χ4v) is 5.56. The second-order valence-electron chi connectivity index (χ2n) is 8.83. The molecule has 3 aromatic carbocycles. The van der Waals surface area contributed by atoms with Crippen molar-refractivity contribution in [3.05, 3.63) is 82.7 Å². The van der Waals surface area contributed by atoms with Crippen LogP contribution in [-0.2, 0) is 0 Å². The van der Waals surface area contributed by atoms with Gasteiger partial charge in [-0.15, -0.1) is 11.3 Å². The minimum absolute atomic E-state index is 0.0304. The van der Waals surface area contributed by atoms with E-state index in [1.165, 1.54) is 11.3 Å². The van der Waals surface area contributed by atoms with Crippen molar-refractivity contribution >= 4 is 27.2 Å². The van der Waals surface area contributed by atoms with Crippen LogP contribution in [0.4, 0.5) is 4.39 Å². The largest absolute Gasteiger partial charge is 0.508 e. The number of carbonyl (C=O) groups is 1. The Hall–Kier alpha value is -3.22. The molecule has 0 amide bonds. The smallest absolute Gasteiger partial charge is 0.203 e. The summed E-state index contributed by atoms with van der Waals surface area (Å²) in [6, 6.07) is 20.6. The van der Waals surface area contributed by atoms with Gasteiger partial charge in [0.1, 0.15) is 18.1 Å². The minimum Gasteiger partial charge on any atom is -0.508 e. The van der Waals surface area contributed by atoms with Crippen molar-refractivity contribution in [3.8, 4) is 22.6 Å². The Morgan fingerprint density at radius 3 is 2.53 bits per heavy atom. The fourth-order valence-electron chi connectivity index (χ4n) is 4.34. The van der Waals surface area contributed by atoms with Gasteiger partial charge in [-0.3, -0.25) is 14.1 Å². The lowest BCUT2D eigenvalue weighted by Gasteiger charge is -2.37. The van der Waals surface area contributed by atoms with Crippen LogP contribution in [0.2, 0.25) is 0 Å². The van der Waals surface area contributed by atoms with Gasteiger partial charge in [-0.1, -0.05) is 42.0 Å². The maximum Gasteiger partial charge on any atom is 0.203 e. The van der Waals surface area contributed by atoms with E-state index < -0.39 is 0 Å². The first-order valence-corrected chi connectivity index (χ1v) is 12.2. The number of ether oxygens (including phenoxy) is 1. The summed E-state index contributed by atoms with van der Waals surface area (Å²) in [5, 5.41) is 10.9. The van der Waals surface area contributed by atoms with Crippen LogP contribution in [0.15, 0.2) is 66.7 Å². The summed E-state index contributed by atoms with van der Waals surface area (Å²) in [5.41, 5.74) is 3.54. The molecule has 1 aromatic heterocycles. The molecule has 2 heterocycles. The lowest BCUT2D eigenvalue weighted by atomic mass is 9.98. The molecule has 0 aliphatic carbocycles. The predicted octanol–water partition coefficient (Wildman–Crippen LogP) is 6.09. The first-order valence-electron chi connectivity index (χ1n) is 11.4. The lowest BCUT2D eigenvalue weighted by molar-refractivity contribution is 0.0668. The molecule has 174 valence electrons. The number of ketones is 1. The van der Waals surface area contributed by atoms with Crippen LogP contribution in [0.5, 0.6) is 11.5 Å². The zero-order chi connectivity index (χ0) is 23.7. The highest BCUT2D eigenvalue weighted by atomic mass is 32.1. The Kier molecular flexibility index (Phi) is 6.35. The zero-order valence-corrected chi connectivity index (χ0v) is 19.8. The van der Waals surface area contributed by atoms with E-state index in [1.54, 1.807) is 12.1 Å². The molecule has 0 saturated carbocycles. The third kappa shape index (κ3) is 4.56. The van der Waals surface area contributed by atoms with Gasteiger partial charge in [0.05, 0.1) is 11.6 Å². The van der Waals surface area contributed by atoms with Crippen LogP contribution in [0.3, 0.4) is 0 Å². The summed E-state index contributed by atoms with van der Waals surface area (Å²) in [6.07, 6.45) is 0. The SMILES string of the molecule is Cc1ccc(C(=O)c2sc3cc(O)ccc3c2-c2ccc(OCCN3CC(CF)C3)cc2)cc1. The van der Waals surface area contributed by atoms with E-state index in [4.69, 9.17) is 4.74 Å². The molecule has 1 aliphatic heterocycles. The van der Waals surface area contributed by atoms with E-state index in [-0.39, 0.29) is 24.1 Å². The monoisotopic (exact) mass is 475 g/mol. The van der Waals surface area contributed by atoms with Gasteiger partial charge in [-0.2, -0.15) is 0 Å². The highest BCUT2D eigenvalue weighted by Gasteiger charge is 2.26. The summed E-state index contributed by atoms with van der Waals surface area (Å²) in [4.78, 5) is 16.3. The maximum atomic E-state index is 13.5. The average Bonchev–Trinajstić information content (AvgIpc) is 3.19. The molecule has 0 unspecified atom stereocenters. The van der Waals surface area contributed by atoms with Crippen LogP contribution < -0.4 is 4.74 Å². The number of carbonyl (C=O) groups excluding carboxylic acids is 1. The molecule has 1 aliphatic rings. The third-order valence-corrected chi connectivity index (χ3v) is 7.42. The van der Waals surface area contributed by atoms with Gasteiger partial charge >= 0.3 is 0 Å². The van der Waals surface area contributed by atoms with Crippen molar-refractivity contribution in [1.82, 2.24) is 4.90 Å². The maximum absolute atomic E-state index is 13.5. The van der Waals surface area contributed by atoms with Gasteiger partial charge in [-0.05, 0) is 42.8 Å². The summed E-state index contributed by atoms with van der Waals surface area (Å²) in [6.45, 7) is 4.69. The number of halogens is 1. The van der Waals surface area contributed by atoms with Crippen LogP contribution >= 0.6 is 11.3 Å². The number of rotatable bonds is 8. The van der Waals surface area contributed by atoms with Crippen LogP contribution in [0.1, 0.15) is 20.8 Å². The molecule has 1 fully saturated rings. The van der Waals surface area contributed by atoms with E-state index in [2.05, 4.69) is 4.90 Å². The van der Waals surface area contributed by atoms with Gasteiger partial charge in [0.15, 0.2) is 0 Å². The van der Waals surface area contributed by atoms with Crippen molar-refractivity contribution in [2.24, 2.45) is 5.92 Å². The number of aryl methyl sites for hydroxylation is 1. The highest BCUT2D eigenvalue weighted by molar-refractivity contribution is 7.21. The first kappa shape index (κ1) is 22.6. The minimum atomic E-state index is -0.246. The Bertz CT molecular complexity index is 1310. The number of nitrogens with zero attached hydrogens (tertiary/aromatic N) is 1. The molecule has 0 radical (unpaired) electrons. The molecule has 34 heavy (non-hydrogen) atoms. The normalized spacial score (nSPS) is 14.3. The standard InChI is InChI=1S/C28H26FNO3S/c1-18-2-4-21(5-3-18)27(32)28-26(24-11-8-22(31)14-25(24)34-28)20-6-9-23(10-7-20)33-13-12-30-16-19(15-29)17-30/h2-11,14,19,31H,12-13,15-17H2,1H3. The van der Waals surface area contributed by atoms with Crippen LogP contribution in [0, 0.1) is 12.8 Å². The number of thiophene rings is 1. The topological polar surface area (TPSA) is 49.8 Å². The van der Waals surface area contributed by atoms with E-state index in [0.717, 1.165) is 52.2 Å². The molecule has 0 bridgehead atoms. The number of fused-ring (bicyclic) bond motifs is 1. The number of benzene rings is 3. The number of hydrogen-bond acceptors (Lipinski definition) is 5. The molecule has 5 rings (SSSR count). The van der Waals surface area contributed by atoms with Gasteiger partial charge in [0, 0.05) is 46.8 Å². The molecule has 1 saturated heterocycles. The predicted molar refractivity (Wildman–Crippen MR) is 135 cm³/mol. The number of phenolic OH excluding ortho intramolecular Hbond substituents is 1. The quantitative estimate of drug-likeness (QED) is 0.313. The molecule has 4 aromatic rings. The molecule has 6 heteroatoms. The van der Waals surface area contributed by atoms with Crippen LogP contribution in [0.25, 0.3) is 21.2 Å². The molecular formula is C28H26FNO3S. The second kappa shape index (κ2) is 9.57. The third-order valence-electron chi connectivity index (χ3n) is 6.26. The van der Waals surface area contributed by atoms with Crippen molar-refractivity contribution in [3.63, 3.8) is 0 Å².